The lowest BCUT2D eigenvalue weighted by Crippen LogP contribution is -2.36. The fourth-order valence-electron chi connectivity index (χ4n) is 2.27. The number of rotatable bonds is 7. The van der Waals surface area contributed by atoms with Crippen LogP contribution in [0, 0.1) is 0 Å². The molecule has 7 heteroatoms. The lowest BCUT2D eigenvalue weighted by Gasteiger charge is -2.14. The number of Topliss-reactive ketones (excluding diaryl/α,β-unsaturated/α-hetero) is 1. The number of carbonyl (C=O) groups is 2. The highest BCUT2D eigenvalue weighted by molar-refractivity contribution is 7.92. The topological polar surface area (TPSA) is 94.3 Å². The molecule has 2 N–H and O–H groups in total. The Morgan fingerprint density at radius 1 is 1.00 bits per heavy atom. The summed E-state index contributed by atoms with van der Waals surface area (Å²) < 4.78 is 25.2. The predicted molar refractivity (Wildman–Crippen MR) is 91.6 cm³/mol. The molecule has 2 aromatic carbocycles. The quantitative estimate of drug-likeness (QED) is 0.763. The molecule has 1 atom stereocenters. The first-order valence-corrected chi connectivity index (χ1v) is 9.12. The smallest absolute Gasteiger partial charge is 0.236 e. The minimum atomic E-state index is -3.98. The molecule has 1 amide bonds. The van der Waals surface area contributed by atoms with Gasteiger partial charge in [0.15, 0.2) is 15.6 Å². The van der Waals surface area contributed by atoms with Crippen molar-refractivity contribution >= 4 is 33.1 Å². The maximum atomic E-state index is 12.6. The molecule has 24 heavy (non-hydrogen) atoms. The van der Waals surface area contributed by atoms with Gasteiger partial charge in [0.25, 0.3) is 0 Å². The summed E-state index contributed by atoms with van der Waals surface area (Å²) in [4.78, 5) is 23.7. The zero-order valence-corrected chi connectivity index (χ0v) is 14.3. The van der Waals surface area contributed by atoms with Crippen LogP contribution in [-0.2, 0) is 14.6 Å². The number of hydrogen-bond acceptors (Lipinski definition) is 4. The molecule has 0 aliphatic rings. The van der Waals surface area contributed by atoms with Crippen molar-refractivity contribution in [3.63, 3.8) is 0 Å². The van der Waals surface area contributed by atoms with Crippen LogP contribution in [0.4, 0.5) is 0 Å². The molecule has 0 aromatic heterocycles. The number of hydrogen-bond donors (Lipinski definition) is 1. The SMILES string of the molecule is NC(=O)[C@@H](CCC(=O)c1ccccc1)S(=O)(=O)c1ccc(Cl)cc1. The number of carbonyl (C=O) groups excluding carboxylic acids is 2. The van der Waals surface area contributed by atoms with E-state index in [1.807, 2.05) is 0 Å². The molecule has 126 valence electrons. The van der Waals surface area contributed by atoms with Gasteiger partial charge in [0.1, 0.15) is 5.25 Å². The van der Waals surface area contributed by atoms with E-state index in [2.05, 4.69) is 0 Å². The van der Waals surface area contributed by atoms with Gasteiger partial charge < -0.3 is 5.73 Å². The predicted octanol–water partition coefficient (Wildman–Crippen LogP) is 2.63. The summed E-state index contributed by atoms with van der Waals surface area (Å²) in [5.74, 6) is -1.22. The van der Waals surface area contributed by atoms with Crippen molar-refractivity contribution < 1.29 is 18.0 Å². The Balaban J connectivity index is 2.19. The first-order valence-electron chi connectivity index (χ1n) is 7.19. The maximum Gasteiger partial charge on any atom is 0.236 e. The number of benzene rings is 2. The molecule has 0 spiro atoms. The van der Waals surface area contributed by atoms with Crippen molar-refractivity contribution in [2.75, 3.05) is 0 Å². The molecule has 0 radical (unpaired) electrons. The molecule has 0 bridgehead atoms. The monoisotopic (exact) mass is 365 g/mol. The minimum absolute atomic E-state index is 0.0529. The van der Waals surface area contributed by atoms with Gasteiger partial charge in [-0.1, -0.05) is 41.9 Å². The van der Waals surface area contributed by atoms with Gasteiger partial charge in [-0.05, 0) is 30.7 Å². The van der Waals surface area contributed by atoms with Gasteiger partial charge >= 0.3 is 0 Å². The minimum Gasteiger partial charge on any atom is -0.369 e. The van der Waals surface area contributed by atoms with Crippen molar-refractivity contribution in [3.05, 3.63) is 65.2 Å². The summed E-state index contributed by atoms with van der Waals surface area (Å²) in [6, 6.07) is 13.9. The van der Waals surface area contributed by atoms with Crippen LogP contribution >= 0.6 is 11.6 Å². The third-order valence-electron chi connectivity index (χ3n) is 3.56. The zero-order valence-electron chi connectivity index (χ0n) is 12.7. The van der Waals surface area contributed by atoms with E-state index < -0.39 is 21.0 Å². The molecule has 2 aromatic rings. The molecular formula is C17H16ClNO4S. The van der Waals surface area contributed by atoms with Crippen LogP contribution in [0.25, 0.3) is 0 Å². The van der Waals surface area contributed by atoms with Crippen molar-refractivity contribution in [2.45, 2.75) is 23.0 Å². The summed E-state index contributed by atoms with van der Waals surface area (Å²) in [7, 11) is -3.98. The molecule has 2 rings (SSSR count). The summed E-state index contributed by atoms with van der Waals surface area (Å²) in [5.41, 5.74) is 5.72. The molecule has 5 nitrogen and oxygen atoms in total. The number of nitrogens with two attached hydrogens (primary N) is 1. The van der Waals surface area contributed by atoms with E-state index in [0.717, 1.165) is 0 Å². The lowest BCUT2D eigenvalue weighted by molar-refractivity contribution is -0.117. The summed E-state index contributed by atoms with van der Waals surface area (Å²) >= 11 is 5.74. The van der Waals surface area contributed by atoms with Crippen molar-refractivity contribution in [3.8, 4) is 0 Å². The molecule has 0 aliphatic carbocycles. The largest absolute Gasteiger partial charge is 0.369 e. The zero-order chi connectivity index (χ0) is 17.7. The van der Waals surface area contributed by atoms with E-state index in [-0.39, 0.29) is 23.5 Å². The van der Waals surface area contributed by atoms with E-state index in [1.165, 1.54) is 24.3 Å². The second-order valence-corrected chi connectivity index (χ2v) is 7.78. The Kier molecular flexibility index (Phi) is 5.75. The normalized spacial score (nSPS) is 12.5. The maximum absolute atomic E-state index is 12.6. The van der Waals surface area contributed by atoms with Crippen LogP contribution in [0.2, 0.25) is 5.02 Å². The second kappa shape index (κ2) is 7.59. The number of halogens is 1. The van der Waals surface area contributed by atoms with Crippen LogP contribution in [0.3, 0.4) is 0 Å². The van der Waals surface area contributed by atoms with Gasteiger partial charge in [0.05, 0.1) is 4.90 Å². The molecule has 0 saturated carbocycles. The van der Waals surface area contributed by atoms with E-state index in [1.54, 1.807) is 30.3 Å². The van der Waals surface area contributed by atoms with Crippen LogP contribution in [0.5, 0.6) is 0 Å². The van der Waals surface area contributed by atoms with Gasteiger partial charge in [-0.25, -0.2) is 8.42 Å². The molecule has 0 heterocycles. The molecular weight excluding hydrogens is 350 g/mol. The van der Waals surface area contributed by atoms with Gasteiger partial charge in [-0.3, -0.25) is 9.59 Å². The van der Waals surface area contributed by atoms with Crippen molar-refractivity contribution in [1.82, 2.24) is 0 Å². The third-order valence-corrected chi connectivity index (χ3v) is 5.96. The van der Waals surface area contributed by atoms with Crippen LogP contribution in [-0.4, -0.2) is 25.4 Å². The first kappa shape index (κ1) is 18.2. The Bertz CT molecular complexity index is 833. The summed E-state index contributed by atoms with van der Waals surface area (Å²) in [6.07, 6.45) is -0.265. The summed E-state index contributed by atoms with van der Waals surface area (Å²) in [5, 5.41) is -1.09. The van der Waals surface area contributed by atoms with Gasteiger partial charge in [-0.15, -0.1) is 0 Å². The van der Waals surface area contributed by atoms with Crippen LogP contribution in [0.15, 0.2) is 59.5 Å². The Morgan fingerprint density at radius 3 is 2.12 bits per heavy atom. The highest BCUT2D eigenvalue weighted by atomic mass is 35.5. The second-order valence-electron chi connectivity index (χ2n) is 5.22. The van der Waals surface area contributed by atoms with Gasteiger partial charge in [-0.2, -0.15) is 0 Å². The average Bonchev–Trinajstić information content (AvgIpc) is 2.55. The number of sulfone groups is 1. The standard InChI is InChI=1S/C17H16ClNO4S/c18-13-6-8-14(9-7-13)24(22,23)16(17(19)21)11-10-15(20)12-4-2-1-3-5-12/h1-9,16H,10-11H2,(H2,19,21)/t16-/m1/s1. The van der Waals surface area contributed by atoms with Crippen molar-refractivity contribution in [1.29, 1.82) is 0 Å². The van der Waals surface area contributed by atoms with E-state index in [4.69, 9.17) is 17.3 Å². The number of amides is 1. The lowest BCUT2D eigenvalue weighted by atomic mass is 10.1. The fraction of sp³-hybridized carbons (Fsp3) is 0.176. The Morgan fingerprint density at radius 2 is 1.58 bits per heavy atom. The van der Waals surface area contributed by atoms with Crippen LogP contribution in [0.1, 0.15) is 23.2 Å². The Labute approximate surface area is 145 Å². The fourth-order valence-corrected chi connectivity index (χ4v) is 3.97. The highest BCUT2D eigenvalue weighted by Crippen LogP contribution is 2.22. The highest BCUT2D eigenvalue weighted by Gasteiger charge is 2.32. The Hall–Kier alpha value is -2.18. The third kappa shape index (κ3) is 4.21. The van der Waals surface area contributed by atoms with Gasteiger partial charge in [0.2, 0.25) is 5.91 Å². The average molecular weight is 366 g/mol. The summed E-state index contributed by atoms with van der Waals surface area (Å²) in [6.45, 7) is 0. The van der Waals surface area contributed by atoms with Crippen molar-refractivity contribution in [2.24, 2.45) is 5.73 Å². The molecule has 0 saturated heterocycles. The van der Waals surface area contributed by atoms with Crippen LogP contribution < -0.4 is 5.73 Å². The van der Waals surface area contributed by atoms with E-state index in [9.17, 15) is 18.0 Å². The van der Waals surface area contributed by atoms with Gasteiger partial charge in [0, 0.05) is 17.0 Å². The molecule has 0 unspecified atom stereocenters. The first-order chi connectivity index (χ1) is 11.3. The number of ketones is 1. The molecule has 0 aliphatic heterocycles. The molecule has 0 fully saturated rings. The number of primary amides is 1. The van der Waals surface area contributed by atoms with E-state index >= 15 is 0 Å². The van der Waals surface area contributed by atoms with E-state index in [0.29, 0.717) is 10.6 Å².